The van der Waals surface area contributed by atoms with Crippen LogP contribution in [0.15, 0.2) is 60.7 Å². The number of rotatable bonds is 2. The molecule has 0 bridgehead atoms. The maximum atomic E-state index is 13.5. The third kappa shape index (κ3) is 9.90. The van der Waals surface area contributed by atoms with Crippen LogP contribution in [0.2, 0.25) is 0 Å². The second kappa shape index (κ2) is 16.0. The second-order valence-corrected chi connectivity index (χ2v) is 11.1. The summed E-state index contributed by atoms with van der Waals surface area (Å²) in [6, 6.07) is 8.68. The first-order chi connectivity index (χ1) is 19.8. The molecule has 2 aliphatic carbocycles. The first kappa shape index (κ1) is 36.0. The fourth-order valence-electron chi connectivity index (χ4n) is 4.77. The summed E-state index contributed by atoms with van der Waals surface area (Å²) in [7, 11) is 0. The topological polar surface area (TPSA) is 40.6 Å². The van der Waals surface area contributed by atoms with Crippen LogP contribution in [-0.4, -0.2) is 22.9 Å². The Hall–Kier alpha value is -3.23. The van der Waals surface area contributed by atoms with Crippen LogP contribution in [0.25, 0.3) is 0 Å². The van der Waals surface area contributed by atoms with Crippen LogP contribution < -0.4 is 9.80 Å². The fourth-order valence-corrected chi connectivity index (χ4v) is 4.77. The van der Waals surface area contributed by atoms with Crippen LogP contribution in [0.3, 0.4) is 0 Å². The summed E-state index contributed by atoms with van der Waals surface area (Å²) in [5.74, 6) is -3.42. The molecule has 0 N–H and O–H groups in total. The van der Waals surface area contributed by atoms with E-state index in [2.05, 4.69) is 24.3 Å². The van der Waals surface area contributed by atoms with Gasteiger partial charge in [0, 0.05) is 47.2 Å². The van der Waals surface area contributed by atoms with E-state index in [0.29, 0.717) is 25.7 Å². The van der Waals surface area contributed by atoms with Gasteiger partial charge in [-0.3, -0.25) is 21.7 Å². The Balaban J connectivity index is 0.000000223. The van der Waals surface area contributed by atoms with Crippen molar-refractivity contribution in [2.75, 3.05) is 9.80 Å². The fraction of sp³-hybridized carbons (Fsp3) is 0.353. The van der Waals surface area contributed by atoms with Gasteiger partial charge in [0.2, 0.25) is 11.8 Å². The van der Waals surface area contributed by atoms with Crippen molar-refractivity contribution in [3.63, 3.8) is 0 Å². The molecule has 2 saturated heterocycles. The molecule has 0 atom stereocenters. The molecular weight excluding hydrogens is 592 g/mol. The summed E-state index contributed by atoms with van der Waals surface area (Å²) in [4.78, 5) is 26.1. The third-order valence-corrected chi connectivity index (χ3v) is 6.95. The van der Waals surface area contributed by atoms with Crippen LogP contribution >= 0.6 is 0 Å². The summed E-state index contributed by atoms with van der Waals surface area (Å²) >= 11 is 0. The summed E-state index contributed by atoms with van der Waals surface area (Å²) < 4.78 is 52.5. The van der Waals surface area contributed by atoms with Crippen molar-refractivity contribution < 1.29 is 48.9 Å². The summed E-state index contributed by atoms with van der Waals surface area (Å²) in [6.45, 7) is 7.45. The quantitative estimate of drug-likeness (QED) is 0.193. The molecular formula is C34H34F4N2O2Ti. The molecule has 2 amide bonds. The van der Waals surface area contributed by atoms with Gasteiger partial charge in [0.05, 0.1) is 0 Å². The zero-order valence-corrected chi connectivity index (χ0v) is 26.3. The van der Waals surface area contributed by atoms with Gasteiger partial charge < -0.3 is 9.80 Å². The van der Waals surface area contributed by atoms with Gasteiger partial charge in [-0.25, -0.2) is 41.9 Å². The van der Waals surface area contributed by atoms with Gasteiger partial charge >= 0.3 is 21.7 Å². The van der Waals surface area contributed by atoms with Gasteiger partial charge in [0.25, 0.3) is 0 Å². The van der Waals surface area contributed by atoms with E-state index in [-0.39, 0.29) is 44.9 Å². The largest absolute Gasteiger partial charge is 4.00 e. The van der Waals surface area contributed by atoms with Gasteiger partial charge in [0.1, 0.15) is 0 Å². The molecule has 2 aliphatic heterocycles. The molecule has 0 unspecified atom stereocenters. The van der Waals surface area contributed by atoms with Gasteiger partial charge in [-0.1, -0.05) is 0 Å². The van der Waals surface area contributed by atoms with E-state index in [1.54, 1.807) is 0 Å². The average Bonchev–Trinajstić information content (AvgIpc) is 3.74. The molecule has 2 heterocycles. The van der Waals surface area contributed by atoms with E-state index in [0.717, 1.165) is 25.0 Å². The number of amides is 2. The van der Waals surface area contributed by atoms with E-state index >= 15 is 0 Å². The van der Waals surface area contributed by atoms with Crippen LogP contribution in [-0.2, 0) is 31.3 Å². The SMILES string of the molecule is CC1(C)CCC(=O)N1c1ccc(F)[c-]c1F.CC1(C)CCC(=O)N1c1ccc(F)[c-]c1F.[C-]1=CC=CC1.[C-]1=CC=CC1.[Ti+4]. The van der Waals surface area contributed by atoms with Crippen molar-refractivity contribution in [2.24, 2.45) is 0 Å². The smallest absolute Gasteiger partial charge is 0.359 e. The molecule has 9 heteroatoms. The van der Waals surface area contributed by atoms with Gasteiger partial charge in [0.15, 0.2) is 0 Å². The number of allylic oxidation sites excluding steroid dienone is 8. The Labute approximate surface area is 266 Å². The molecule has 2 aromatic rings. The van der Waals surface area contributed by atoms with Crippen molar-refractivity contribution in [2.45, 2.75) is 77.3 Å². The number of hydrogen-bond acceptors (Lipinski definition) is 2. The number of carbonyl (C=O) groups excluding carboxylic acids is 2. The standard InChI is InChI=1S/2C12H12F2NO.2C5H5.Ti/c2*1-12(2)6-5-11(16)15(12)10-4-3-8(13)7-9(10)14;2*1-2-4-5-3-1;/h2*3-4H,5-6H2,1-2H3;2*1-3H,4H2;/q4*-1;+4. The molecule has 6 rings (SSSR count). The zero-order valence-electron chi connectivity index (χ0n) is 24.7. The number of nitrogens with zero attached hydrogens (tertiary/aromatic N) is 2. The molecule has 43 heavy (non-hydrogen) atoms. The molecule has 224 valence electrons. The minimum Gasteiger partial charge on any atom is -0.359 e. The molecule has 4 nitrogen and oxygen atoms in total. The van der Waals surface area contributed by atoms with Crippen molar-refractivity contribution >= 4 is 23.2 Å². The van der Waals surface area contributed by atoms with Gasteiger partial charge in [-0.2, -0.15) is 12.2 Å². The van der Waals surface area contributed by atoms with Crippen molar-refractivity contribution in [3.8, 4) is 0 Å². The zero-order chi connectivity index (χ0) is 30.9. The van der Waals surface area contributed by atoms with Crippen molar-refractivity contribution in [1.29, 1.82) is 0 Å². The van der Waals surface area contributed by atoms with Crippen LogP contribution in [0.4, 0.5) is 28.9 Å². The van der Waals surface area contributed by atoms with Crippen molar-refractivity contribution in [1.82, 2.24) is 0 Å². The van der Waals surface area contributed by atoms with E-state index in [1.807, 2.05) is 64.1 Å². The number of carbonyl (C=O) groups is 2. The van der Waals surface area contributed by atoms with Crippen molar-refractivity contribution in [3.05, 3.63) is 108 Å². The number of benzene rings is 2. The van der Waals surface area contributed by atoms with Crippen LogP contribution in [0.1, 0.15) is 66.2 Å². The van der Waals surface area contributed by atoms with Crippen LogP contribution in [0, 0.1) is 47.6 Å². The monoisotopic (exact) mass is 626 g/mol. The maximum absolute atomic E-state index is 13.5. The van der Waals surface area contributed by atoms with E-state index in [1.165, 1.54) is 21.9 Å². The van der Waals surface area contributed by atoms with E-state index < -0.39 is 34.3 Å². The maximum Gasteiger partial charge on any atom is 4.00 e. The van der Waals surface area contributed by atoms with Gasteiger partial charge in [-0.15, -0.1) is 49.2 Å². The minimum absolute atomic E-state index is 0. The Morgan fingerprint density at radius 2 is 1.02 bits per heavy atom. The number of anilines is 2. The predicted octanol–water partition coefficient (Wildman–Crippen LogP) is 7.95. The molecule has 0 radical (unpaired) electrons. The minimum atomic E-state index is -0.816. The Kier molecular flexibility index (Phi) is 13.4. The Morgan fingerprint density at radius 3 is 1.23 bits per heavy atom. The Morgan fingerprint density at radius 1 is 0.651 bits per heavy atom. The third-order valence-electron chi connectivity index (χ3n) is 6.95. The predicted molar refractivity (Wildman–Crippen MR) is 155 cm³/mol. The van der Waals surface area contributed by atoms with Crippen LogP contribution in [0.5, 0.6) is 0 Å². The molecule has 4 aliphatic rings. The summed E-state index contributed by atoms with van der Waals surface area (Å²) in [6.07, 6.45) is 22.1. The molecule has 2 aromatic carbocycles. The molecule has 0 spiro atoms. The summed E-state index contributed by atoms with van der Waals surface area (Å²) in [5, 5.41) is 0. The molecule has 2 fully saturated rings. The Bertz CT molecular complexity index is 1270. The second-order valence-electron chi connectivity index (χ2n) is 11.1. The molecule has 0 aromatic heterocycles. The molecule has 0 saturated carbocycles. The normalized spacial score (nSPS) is 18.4. The summed E-state index contributed by atoms with van der Waals surface area (Å²) in [5.41, 5.74) is -0.643. The van der Waals surface area contributed by atoms with E-state index in [4.69, 9.17) is 0 Å². The van der Waals surface area contributed by atoms with E-state index in [9.17, 15) is 27.2 Å². The number of hydrogen-bond donors (Lipinski definition) is 0. The average molecular weight is 627 g/mol. The first-order valence-electron chi connectivity index (χ1n) is 13.7. The number of halogens is 4. The van der Waals surface area contributed by atoms with Gasteiger partial charge in [-0.05, 0) is 51.9 Å². The first-order valence-corrected chi connectivity index (χ1v) is 13.7.